The van der Waals surface area contributed by atoms with Gasteiger partial charge in [-0.3, -0.25) is 0 Å². The molecule has 0 atom stereocenters. The highest BCUT2D eigenvalue weighted by Gasteiger charge is 2.41. The number of rotatable bonds is 7. The molecule has 0 amide bonds. The monoisotopic (exact) mass is 248 g/mol. The van der Waals surface area contributed by atoms with Crippen LogP contribution in [0.3, 0.4) is 0 Å². The summed E-state index contributed by atoms with van der Waals surface area (Å²) in [7, 11) is 3.76. The molecule has 1 aliphatic carbocycles. The summed E-state index contributed by atoms with van der Waals surface area (Å²) in [6, 6.07) is 6.36. The Bertz CT molecular complexity index is 399. The third-order valence-corrected chi connectivity index (χ3v) is 3.84. The second kappa shape index (κ2) is 5.61. The van der Waals surface area contributed by atoms with Crippen molar-refractivity contribution in [3.05, 3.63) is 23.8 Å². The normalized spacial score (nSPS) is 16.4. The van der Waals surface area contributed by atoms with E-state index >= 15 is 0 Å². The van der Waals surface area contributed by atoms with E-state index in [1.54, 1.807) is 7.11 Å². The Morgan fingerprint density at radius 3 is 2.61 bits per heavy atom. The number of benzene rings is 1. The molecule has 100 valence electrons. The molecule has 3 heteroatoms. The summed E-state index contributed by atoms with van der Waals surface area (Å²) >= 11 is 0. The topological polar surface area (TPSA) is 33.3 Å². The molecule has 0 aliphatic heterocycles. The third-order valence-electron chi connectivity index (χ3n) is 3.84. The van der Waals surface area contributed by atoms with Gasteiger partial charge < -0.3 is 15.4 Å². The summed E-state index contributed by atoms with van der Waals surface area (Å²) in [5.41, 5.74) is 2.96. The van der Waals surface area contributed by atoms with E-state index in [4.69, 9.17) is 4.74 Å². The molecular weight excluding hydrogens is 224 g/mol. The van der Waals surface area contributed by atoms with Crippen LogP contribution in [0, 0.1) is 5.41 Å². The minimum atomic E-state index is 0.487. The van der Waals surface area contributed by atoms with E-state index in [1.165, 1.54) is 24.1 Å². The molecule has 1 aromatic carbocycles. The lowest BCUT2D eigenvalue weighted by Crippen LogP contribution is -2.26. The molecule has 18 heavy (non-hydrogen) atoms. The van der Waals surface area contributed by atoms with Gasteiger partial charge in [-0.2, -0.15) is 0 Å². The molecule has 1 aromatic rings. The minimum Gasteiger partial charge on any atom is -0.496 e. The smallest absolute Gasteiger partial charge is 0.122 e. The van der Waals surface area contributed by atoms with Gasteiger partial charge in [0.15, 0.2) is 0 Å². The molecule has 2 rings (SSSR count). The molecule has 0 spiro atoms. The number of methoxy groups -OCH3 is 1. The van der Waals surface area contributed by atoms with Gasteiger partial charge in [0.25, 0.3) is 0 Å². The molecule has 0 heterocycles. The van der Waals surface area contributed by atoms with Crippen LogP contribution in [0.1, 0.15) is 25.3 Å². The maximum atomic E-state index is 5.35. The van der Waals surface area contributed by atoms with Crippen LogP contribution in [0.5, 0.6) is 5.75 Å². The van der Waals surface area contributed by atoms with Crippen molar-refractivity contribution in [3.63, 3.8) is 0 Å². The van der Waals surface area contributed by atoms with Gasteiger partial charge >= 0.3 is 0 Å². The van der Waals surface area contributed by atoms with Gasteiger partial charge in [0, 0.05) is 24.2 Å². The molecule has 1 aliphatic rings. The maximum absolute atomic E-state index is 5.35. The fourth-order valence-electron chi connectivity index (χ4n) is 2.42. The molecule has 0 bridgehead atoms. The summed E-state index contributed by atoms with van der Waals surface area (Å²) in [6.07, 6.45) is 3.66. The van der Waals surface area contributed by atoms with Crippen LogP contribution < -0.4 is 15.4 Å². The first kappa shape index (κ1) is 13.2. The summed E-state index contributed by atoms with van der Waals surface area (Å²) in [4.78, 5) is 0. The molecule has 0 radical (unpaired) electrons. The quantitative estimate of drug-likeness (QED) is 0.778. The van der Waals surface area contributed by atoms with Gasteiger partial charge in [-0.1, -0.05) is 6.92 Å². The van der Waals surface area contributed by atoms with Crippen molar-refractivity contribution >= 4 is 5.69 Å². The van der Waals surface area contributed by atoms with E-state index in [0.29, 0.717) is 5.41 Å². The second-order valence-corrected chi connectivity index (χ2v) is 5.26. The molecule has 2 N–H and O–H groups in total. The number of ether oxygens (including phenoxy) is 1. The Balaban J connectivity index is 1.97. The Morgan fingerprint density at radius 2 is 2.06 bits per heavy atom. The largest absolute Gasteiger partial charge is 0.496 e. The number of hydrogen-bond donors (Lipinski definition) is 2. The Morgan fingerprint density at radius 1 is 1.28 bits per heavy atom. The molecule has 1 saturated carbocycles. The van der Waals surface area contributed by atoms with Crippen LogP contribution in [0.4, 0.5) is 5.69 Å². The van der Waals surface area contributed by atoms with Gasteiger partial charge in [0.1, 0.15) is 5.75 Å². The Kier molecular flexibility index (Phi) is 4.12. The van der Waals surface area contributed by atoms with Crippen molar-refractivity contribution in [2.24, 2.45) is 5.41 Å². The molecule has 1 fully saturated rings. The lowest BCUT2D eigenvalue weighted by Gasteiger charge is -2.17. The first-order valence-corrected chi connectivity index (χ1v) is 6.78. The summed E-state index contributed by atoms with van der Waals surface area (Å²) < 4.78 is 5.35. The zero-order valence-electron chi connectivity index (χ0n) is 11.7. The highest BCUT2D eigenvalue weighted by Crippen LogP contribution is 2.45. The van der Waals surface area contributed by atoms with Crippen LogP contribution in [0.25, 0.3) is 0 Å². The third kappa shape index (κ3) is 2.96. The number of aryl methyl sites for hydroxylation is 1. The molecular formula is C15H24N2O. The SMILES string of the molecule is CCc1cc(NCC2(CNC)CC2)ccc1OC. The fraction of sp³-hybridized carbons (Fsp3) is 0.600. The van der Waals surface area contributed by atoms with Crippen molar-refractivity contribution in [1.29, 1.82) is 0 Å². The minimum absolute atomic E-state index is 0.487. The zero-order valence-corrected chi connectivity index (χ0v) is 11.7. The van der Waals surface area contributed by atoms with E-state index in [2.05, 4.69) is 35.8 Å². The first-order chi connectivity index (χ1) is 8.73. The van der Waals surface area contributed by atoms with Gasteiger partial charge in [-0.15, -0.1) is 0 Å². The first-order valence-electron chi connectivity index (χ1n) is 6.78. The molecule has 0 saturated heterocycles. The Labute approximate surface area is 110 Å². The predicted molar refractivity (Wildman–Crippen MR) is 76.5 cm³/mol. The van der Waals surface area contributed by atoms with Crippen LogP contribution >= 0.6 is 0 Å². The van der Waals surface area contributed by atoms with Crippen molar-refractivity contribution in [2.75, 3.05) is 32.6 Å². The van der Waals surface area contributed by atoms with Gasteiger partial charge in [0.05, 0.1) is 7.11 Å². The van der Waals surface area contributed by atoms with Gasteiger partial charge in [-0.05, 0) is 50.1 Å². The van der Waals surface area contributed by atoms with Crippen molar-refractivity contribution < 1.29 is 4.74 Å². The fourth-order valence-corrected chi connectivity index (χ4v) is 2.42. The van der Waals surface area contributed by atoms with Crippen LogP contribution in [0.2, 0.25) is 0 Å². The van der Waals surface area contributed by atoms with Gasteiger partial charge in [-0.25, -0.2) is 0 Å². The molecule has 3 nitrogen and oxygen atoms in total. The predicted octanol–water partition coefficient (Wildman–Crippen LogP) is 2.67. The standard InChI is InChI=1S/C15H24N2O/c1-4-12-9-13(5-6-14(12)18-3)17-11-15(7-8-15)10-16-2/h5-6,9,16-17H,4,7-8,10-11H2,1-3H3. The number of anilines is 1. The molecule has 0 aromatic heterocycles. The van der Waals surface area contributed by atoms with E-state index in [-0.39, 0.29) is 0 Å². The average molecular weight is 248 g/mol. The highest BCUT2D eigenvalue weighted by molar-refractivity contribution is 5.51. The van der Waals surface area contributed by atoms with E-state index in [1.807, 2.05) is 7.05 Å². The van der Waals surface area contributed by atoms with Crippen LogP contribution in [-0.2, 0) is 6.42 Å². The van der Waals surface area contributed by atoms with E-state index in [0.717, 1.165) is 25.3 Å². The van der Waals surface area contributed by atoms with Gasteiger partial charge in [0.2, 0.25) is 0 Å². The van der Waals surface area contributed by atoms with Crippen LogP contribution in [-0.4, -0.2) is 27.2 Å². The number of nitrogens with one attached hydrogen (secondary N) is 2. The lowest BCUT2D eigenvalue weighted by molar-refractivity contribution is 0.410. The highest BCUT2D eigenvalue weighted by atomic mass is 16.5. The zero-order chi connectivity index (χ0) is 13.0. The summed E-state index contributed by atoms with van der Waals surface area (Å²) in [5, 5.41) is 6.85. The van der Waals surface area contributed by atoms with Crippen molar-refractivity contribution in [3.8, 4) is 5.75 Å². The average Bonchev–Trinajstić information content (AvgIpc) is 3.16. The van der Waals surface area contributed by atoms with Crippen LogP contribution in [0.15, 0.2) is 18.2 Å². The summed E-state index contributed by atoms with van der Waals surface area (Å²) in [5.74, 6) is 0.986. The second-order valence-electron chi connectivity index (χ2n) is 5.26. The molecule has 0 unspecified atom stereocenters. The lowest BCUT2D eigenvalue weighted by atomic mass is 10.1. The van der Waals surface area contributed by atoms with E-state index in [9.17, 15) is 0 Å². The van der Waals surface area contributed by atoms with E-state index < -0.39 is 0 Å². The number of hydrogen-bond acceptors (Lipinski definition) is 3. The van der Waals surface area contributed by atoms with Crippen molar-refractivity contribution in [1.82, 2.24) is 5.32 Å². The Hall–Kier alpha value is -1.22. The summed E-state index contributed by atoms with van der Waals surface area (Å²) in [6.45, 7) is 4.32. The maximum Gasteiger partial charge on any atom is 0.122 e. The van der Waals surface area contributed by atoms with Crippen molar-refractivity contribution in [2.45, 2.75) is 26.2 Å².